The Labute approximate surface area is 143 Å². The molecule has 2 aromatic carbocycles. The van der Waals surface area contributed by atoms with Crippen LogP contribution in [-0.4, -0.2) is 31.8 Å². The van der Waals surface area contributed by atoms with Gasteiger partial charge in [-0.2, -0.15) is 0 Å². The molecule has 4 heteroatoms. The Morgan fingerprint density at radius 2 is 1.92 bits per heavy atom. The summed E-state index contributed by atoms with van der Waals surface area (Å²) in [7, 11) is 1.70. The second-order valence-electron chi connectivity index (χ2n) is 6.34. The van der Waals surface area contributed by atoms with Gasteiger partial charge in [0.1, 0.15) is 11.6 Å². The molecule has 1 fully saturated rings. The molecule has 3 nitrogen and oxygen atoms in total. The Morgan fingerprint density at radius 3 is 2.62 bits per heavy atom. The second-order valence-corrected chi connectivity index (χ2v) is 6.34. The Hall–Kier alpha value is -1.91. The molecule has 3 rings (SSSR count). The van der Waals surface area contributed by atoms with E-state index in [1.807, 2.05) is 30.3 Å². The van der Waals surface area contributed by atoms with Crippen LogP contribution in [0.2, 0.25) is 0 Å². The number of hydrogen-bond donors (Lipinski definition) is 0. The highest BCUT2D eigenvalue weighted by molar-refractivity contribution is 5.33. The predicted molar refractivity (Wildman–Crippen MR) is 92.4 cm³/mol. The molecule has 0 saturated carbocycles. The van der Waals surface area contributed by atoms with Crippen molar-refractivity contribution in [3.63, 3.8) is 0 Å². The van der Waals surface area contributed by atoms with Gasteiger partial charge in [0, 0.05) is 31.8 Å². The number of nitrogens with zero attached hydrogens (tertiary/aromatic N) is 1. The van der Waals surface area contributed by atoms with Crippen molar-refractivity contribution in [3.8, 4) is 5.75 Å². The SMILES string of the molecule is COc1ccccc1CN(Cc1ccc(F)cc1)C[C@H]1CCOC1. The predicted octanol–water partition coefficient (Wildman–Crippen LogP) is 3.87. The van der Waals surface area contributed by atoms with Gasteiger partial charge >= 0.3 is 0 Å². The molecule has 128 valence electrons. The lowest BCUT2D eigenvalue weighted by atomic mass is 10.1. The zero-order valence-electron chi connectivity index (χ0n) is 14.1. The first-order valence-electron chi connectivity index (χ1n) is 8.41. The van der Waals surface area contributed by atoms with Crippen molar-refractivity contribution in [2.45, 2.75) is 19.5 Å². The zero-order chi connectivity index (χ0) is 16.8. The van der Waals surface area contributed by atoms with E-state index in [9.17, 15) is 4.39 Å². The minimum Gasteiger partial charge on any atom is -0.496 e. The molecule has 1 saturated heterocycles. The average Bonchev–Trinajstić information content (AvgIpc) is 3.10. The summed E-state index contributed by atoms with van der Waals surface area (Å²) >= 11 is 0. The van der Waals surface area contributed by atoms with E-state index in [0.29, 0.717) is 5.92 Å². The highest BCUT2D eigenvalue weighted by Crippen LogP contribution is 2.23. The molecule has 1 aliphatic rings. The Bertz CT molecular complexity index is 638. The van der Waals surface area contributed by atoms with Crippen molar-refractivity contribution in [3.05, 3.63) is 65.5 Å². The van der Waals surface area contributed by atoms with Gasteiger partial charge in [0.2, 0.25) is 0 Å². The van der Waals surface area contributed by atoms with E-state index < -0.39 is 0 Å². The molecule has 0 amide bonds. The van der Waals surface area contributed by atoms with Crippen LogP contribution in [0.1, 0.15) is 17.5 Å². The quantitative estimate of drug-likeness (QED) is 0.770. The lowest BCUT2D eigenvalue weighted by Crippen LogP contribution is -2.29. The van der Waals surface area contributed by atoms with Crippen molar-refractivity contribution in [1.29, 1.82) is 0 Å². The summed E-state index contributed by atoms with van der Waals surface area (Å²) in [5.41, 5.74) is 2.28. The fourth-order valence-electron chi connectivity index (χ4n) is 3.20. The van der Waals surface area contributed by atoms with Crippen LogP contribution in [-0.2, 0) is 17.8 Å². The molecule has 0 spiro atoms. The van der Waals surface area contributed by atoms with E-state index in [1.54, 1.807) is 7.11 Å². The van der Waals surface area contributed by atoms with Gasteiger partial charge in [-0.05, 0) is 36.1 Å². The van der Waals surface area contributed by atoms with Gasteiger partial charge < -0.3 is 9.47 Å². The van der Waals surface area contributed by atoms with Crippen LogP contribution in [0.3, 0.4) is 0 Å². The van der Waals surface area contributed by atoms with Gasteiger partial charge in [-0.25, -0.2) is 4.39 Å². The fraction of sp³-hybridized carbons (Fsp3) is 0.400. The van der Waals surface area contributed by atoms with Crippen LogP contribution in [0.5, 0.6) is 5.75 Å². The zero-order valence-corrected chi connectivity index (χ0v) is 14.1. The van der Waals surface area contributed by atoms with Gasteiger partial charge in [-0.15, -0.1) is 0 Å². The topological polar surface area (TPSA) is 21.7 Å². The molecule has 0 aromatic heterocycles. The maximum Gasteiger partial charge on any atom is 0.123 e. The monoisotopic (exact) mass is 329 g/mol. The van der Waals surface area contributed by atoms with Crippen LogP contribution < -0.4 is 4.74 Å². The number of rotatable bonds is 7. The van der Waals surface area contributed by atoms with Crippen LogP contribution in [0.15, 0.2) is 48.5 Å². The molecule has 1 aliphatic heterocycles. The lowest BCUT2D eigenvalue weighted by Gasteiger charge is -2.26. The molecule has 0 bridgehead atoms. The van der Waals surface area contributed by atoms with Gasteiger partial charge in [0.15, 0.2) is 0 Å². The minimum absolute atomic E-state index is 0.195. The highest BCUT2D eigenvalue weighted by atomic mass is 19.1. The summed E-state index contributed by atoms with van der Waals surface area (Å²) in [4.78, 5) is 2.39. The van der Waals surface area contributed by atoms with E-state index >= 15 is 0 Å². The summed E-state index contributed by atoms with van der Waals surface area (Å²) in [6.07, 6.45) is 1.10. The average molecular weight is 329 g/mol. The molecule has 2 aromatic rings. The molecule has 1 heterocycles. The molecule has 24 heavy (non-hydrogen) atoms. The van der Waals surface area contributed by atoms with Gasteiger partial charge in [0.25, 0.3) is 0 Å². The number of para-hydroxylation sites is 1. The third-order valence-corrected chi connectivity index (χ3v) is 4.45. The summed E-state index contributed by atoms with van der Waals surface area (Å²) in [6.45, 7) is 4.23. The first kappa shape index (κ1) is 16.9. The Kier molecular flexibility index (Phi) is 5.83. The van der Waals surface area contributed by atoms with Crippen molar-refractivity contribution < 1.29 is 13.9 Å². The summed E-state index contributed by atoms with van der Waals surface area (Å²) in [6, 6.07) is 14.9. The lowest BCUT2D eigenvalue weighted by molar-refractivity contribution is 0.161. The first-order chi connectivity index (χ1) is 11.7. The Morgan fingerprint density at radius 1 is 1.12 bits per heavy atom. The van der Waals surface area contributed by atoms with Crippen LogP contribution >= 0.6 is 0 Å². The molecular formula is C20H24FNO2. The van der Waals surface area contributed by atoms with E-state index in [-0.39, 0.29) is 5.82 Å². The number of methoxy groups -OCH3 is 1. The van der Waals surface area contributed by atoms with Gasteiger partial charge in [-0.3, -0.25) is 4.90 Å². The maximum absolute atomic E-state index is 13.2. The summed E-state index contributed by atoms with van der Waals surface area (Å²) in [5.74, 6) is 1.27. The van der Waals surface area contributed by atoms with E-state index in [0.717, 1.165) is 50.6 Å². The second kappa shape index (κ2) is 8.27. The van der Waals surface area contributed by atoms with Gasteiger partial charge in [-0.1, -0.05) is 30.3 Å². The van der Waals surface area contributed by atoms with E-state index in [1.165, 1.54) is 17.7 Å². The van der Waals surface area contributed by atoms with Crippen molar-refractivity contribution in [1.82, 2.24) is 4.90 Å². The number of ether oxygens (including phenoxy) is 2. The van der Waals surface area contributed by atoms with Crippen molar-refractivity contribution in [2.75, 3.05) is 26.9 Å². The molecule has 0 N–H and O–H groups in total. The summed E-state index contributed by atoms with van der Waals surface area (Å²) in [5, 5.41) is 0. The number of halogens is 1. The fourth-order valence-corrected chi connectivity index (χ4v) is 3.20. The van der Waals surface area contributed by atoms with Crippen LogP contribution in [0.25, 0.3) is 0 Å². The minimum atomic E-state index is -0.195. The van der Waals surface area contributed by atoms with E-state index in [4.69, 9.17) is 9.47 Å². The smallest absolute Gasteiger partial charge is 0.123 e. The third kappa shape index (κ3) is 4.56. The molecule has 0 aliphatic carbocycles. The number of hydrogen-bond acceptors (Lipinski definition) is 3. The van der Waals surface area contributed by atoms with Crippen LogP contribution in [0.4, 0.5) is 4.39 Å². The molecular weight excluding hydrogens is 305 g/mol. The Balaban J connectivity index is 1.74. The molecule has 0 radical (unpaired) electrons. The first-order valence-corrected chi connectivity index (χ1v) is 8.41. The van der Waals surface area contributed by atoms with Crippen LogP contribution in [0, 0.1) is 11.7 Å². The normalized spacial score (nSPS) is 17.4. The highest BCUT2D eigenvalue weighted by Gasteiger charge is 2.20. The maximum atomic E-state index is 13.2. The molecule has 1 atom stereocenters. The van der Waals surface area contributed by atoms with E-state index in [2.05, 4.69) is 11.0 Å². The van der Waals surface area contributed by atoms with Gasteiger partial charge in [0.05, 0.1) is 13.7 Å². The van der Waals surface area contributed by atoms with Crippen molar-refractivity contribution in [2.24, 2.45) is 5.92 Å². The number of benzene rings is 2. The molecule has 0 unspecified atom stereocenters. The third-order valence-electron chi connectivity index (χ3n) is 4.45. The largest absolute Gasteiger partial charge is 0.496 e. The summed E-state index contributed by atoms with van der Waals surface area (Å²) < 4.78 is 24.1. The van der Waals surface area contributed by atoms with Crippen molar-refractivity contribution >= 4 is 0 Å². The standard InChI is InChI=1S/C20H24FNO2/c1-23-20-5-3-2-4-18(20)14-22(13-17-10-11-24-15-17)12-16-6-8-19(21)9-7-16/h2-9,17H,10-15H2,1H3/t17-/m1/s1.